The lowest BCUT2D eigenvalue weighted by Gasteiger charge is -2.04. The first kappa shape index (κ1) is 16.4. The summed E-state index contributed by atoms with van der Waals surface area (Å²) in [6.45, 7) is 4.36. The summed E-state index contributed by atoms with van der Waals surface area (Å²) in [5, 5.41) is 0. The van der Waals surface area contributed by atoms with Crippen molar-refractivity contribution in [1.29, 1.82) is 0 Å². The van der Waals surface area contributed by atoms with E-state index in [1.807, 2.05) is 5.94 Å². The Morgan fingerprint density at radius 1 is 0.882 bits per heavy atom. The number of carbonyl (C=O) groups excluding carboxylic acids is 1. The molecule has 1 nitrogen and oxygen atoms in total. The second kappa shape index (κ2) is 13.5. The molecule has 0 bridgehead atoms. The zero-order valence-electron chi connectivity index (χ0n) is 11.8. The predicted octanol–water partition coefficient (Wildman–Crippen LogP) is 5.32. The maximum atomic E-state index is 10.1. The summed E-state index contributed by atoms with van der Waals surface area (Å²) in [7, 11) is 0. The number of hydrogen-bond acceptors (Lipinski definition) is 1. The van der Waals surface area contributed by atoms with E-state index in [9.17, 15) is 4.79 Å². The van der Waals surface area contributed by atoms with Gasteiger partial charge in [0.15, 0.2) is 0 Å². The second-order valence-electron chi connectivity index (χ2n) is 5.23. The molecule has 0 aliphatic rings. The van der Waals surface area contributed by atoms with Crippen LogP contribution in [-0.2, 0) is 4.79 Å². The summed E-state index contributed by atoms with van der Waals surface area (Å²) in [6.07, 6.45) is 16.6. The number of rotatable bonds is 12. The monoisotopic (exact) mass is 238 g/mol. The third kappa shape index (κ3) is 13.4. The molecule has 0 heterocycles. The van der Waals surface area contributed by atoms with Gasteiger partial charge >= 0.3 is 0 Å². The Balaban J connectivity index is 3.05. The van der Waals surface area contributed by atoms with Gasteiger partial charge in [-0.2, -0.15) is 0 Å². The number of allylic oxidation sites excluding steroid dienone is 1. The average molecular weight is 238 g/mol. The lowest BCUT2D eigenvalue weighted by molar-refractivity contribution is 0.524. The Labute approximate surface area is 108 Å². The van der Waals surface area contributed by atoms with Crippen LogP contribution in [0.5, 0.6) is 0 Å². The molecule has 0 radical (unpaired) electrons. The topological polar surface area (TPSA) is 17.1 Å². The molecule has 100 valence electrons. The van der Waals surface area contributed by atoms with Crippen molar-refractivity contribution in [1.82, 2.24) is 0 Å². The number of hydrogen-bond donors (Lipinski definition) is 0. The Morgan fingerprint density at radius 3 is 1.82 bits per heavy atom. The smallest absolute Gasteiger partial charge is 0.120 e. The van der Waals surface area contributed by atoms with Crippen molar-refractivity contribution >= 4 is 5.94 Å². The second-order valence-corrected chi connectivity index (χ2v) is 5.23. The summed E-state index contributed by atoms with van der Waals surface area (Å²) < 4.78 is 0. The Kier molecular flexibility index (Phi) is 13.1. The van der Waals surface area contributed by atoms with Crippen LogP contribution in [0.15, 0.2) is 6.08 Å². The fourth-order valence-corrected chi connectivity index (χ4v) is 2.15. The zero-order valence-corrected chi connectivity index (χ0v) is 11.8. The van der Waals surface area contributed by atoms with Gasteiger partial charge < -0.3 is 0 Å². The molecule has 0 saturated carbocycles. The Morgan fingerprint density at radius 2 is 1.35 bits per heavy atom. The van der Waals surface area contributed by atoms with Gasteiger partial charge in [-0.3, -0.25) is 0 Å². The Bertz CT molecular complexity index is 192. The highest BCUT2D eigenvalue weighted by Crippen LogP contribution is 2.13. The first-order valence-corrected chi connectivity index (χ1v) is 7.52. The average Bonchev–Trinajstić information content (AvgIpc) is 2.32. The van der Waals surface area contributed by atoms with E-state index in [0.717, 1.165) is 6.42 Å². The molecule has 0 N–H and O–H groups in total. The summed E-state index contributed by atoms with van der Waals surface area (Å²) in [6, 6.07) is 0. The van der Waals surface area contributed by atoms with Gasteiger partial charge in [-0.05, 0) is 12.3 Å². The van der Waals surface area contributed by atoms with Gasteiger partial charge in [-0.25, -0.2) is 4.79 Å². The Hall–Kier alpha value is -0.550. The molecule has 0 aromatic heterocycles. The quantitative estimate of drug-likeness (QED) is 0.332. The van der Waals surface area contributed by atoms with Crippen molar-refractivity contribution in [2.45, 2.75) is 84.5 Å². The van der Waals surface area contributed by atoms with Crippen LogP contribution in [0.25, 0.3) is 0 Å². The molecule has 0 amide bonds. The highest BCUT2D eigenvalue weighted by atomic mass is 16.1. The van der Waals surface area contributed by atoms with Gasteiger partial charge in [-0.15, -0.1) is 0 Å². The van der Waals surface area contributed by atoms with Crippen molar-refractivity contribution in [2.75, 3.05) is 0 Å². The van der Waals surface area contributed by atoms with Crippen LogP contribution in [-0.4, -0.2) is 5.94 Å². The van der Waals surface area contributed by atoms with Gasteiger partial charge in [-0.1, -0.05) is 78.1 Å². The molecular weight excluding hydrogens is 208 g/mol. The molecule has 0 aromatic rings. The highest BCUT2D eigenvalue weighted by Gasteiger charge is 1.97. The van der Waals surface area contributed by atoms with Gasteiger partial charge in [0.1, 0.15) is 5.94 Å². The minimum absolute atomic E-state index is 0.418. The summed E-state index contributed by atoms with van der Waals surface area (Å²) in [4.78, 5) is 10.1. The van der Waals surface area contributed by atoms with Crippen LogP contribution in [0.4, 0.5) is 0 Å². The minimum Gasteiger partial charge on any atom is -0.234 e. The largest absolute Gasteiger partial charge is 0.234 e. The lowest BCUT2D eigenvalue weighted by Crippen LogP contribution is -1.90. The van der Waals surface area contributed by atoms with Crippen molar-refractivity contribution in [3.63, 3.8) is 0 Å². The first-order chi connectivity index (χ1) is 8.31. The van der Waals surface area contributed by atoms with Crippen LogP contribution in [0.3, 0.4) is 0 Å². The standard InChI is InChI=1S/C16H30O/c1-3-4-5-6-7-8-9-10-11-12-13-16(2)14-15-17/h14,16H,3-13H2,1-2H3. The molecule has 1 heteroatoms. The molecule has 0 aliphatic carbocycles. The maximum absolute atomic E-state index is 10.1. The van der Waals surface area contributed by atoms with E-state index in [4.69, 9.17) is 0 Å². The highest BCUT2D eigenvalue weighted by molar-refractivity contribution is 5.45. The van der Waals surface area contributed by atoms with Gasteiger partial charge in [0.2, 0.25) is 0 Å². The van der Waals surface area contributed by atoms with Crippen molar-refractivity contribution in [3.8, 4) is 0 Å². The third-order valence-electron chi connectivity index (χ3n) is 3.37. The molecule has 0 aromatic carbocycles. The van der Waals surface area contributed by atoms with Gasteiger partial charge in [0.25, 0.3) is 0 Å². The SMILES string of the molecule is CCCCCCCCCCCCC(C)C=C=O. The summed E-state index contributed by atoms with van der Waals surface area (Å²) in [5.41, 5.74) is 0. The normalized spacial score (nSPS) is 12.1. The van der Waals surface area contributed by atoms with Gasteiger partial charge in [0.05, 0.1) is 0 Å². The molecule has 0 saturated heterocycles. The van der Waals surface area contributed by atoms with E-state index in [0.29, 0.717) is 5.92 Å². The maximum Gasteiger partial charge on any atom is 0.120 e. The summed E-state index contributed by atoms with van der Waals surface area (Å²) >= 11 is 0. The first-order valence-electron chi connectivity index (χ1n) is 7.52. The third-order valence-corrected chi connectivity index (χ3v) is 3.37. The van der Waals surface area contributed by atoms with Crippen LogP contribution in [0.1, 0.15) is 84.5 Å². The molecular formula is C16H30O. The van der Waals surface area contributed by atoms with Gasteiger partial charge in [0, 0.05) is 6.08 Å². The van der Waals surface area contributed by atoms with E-state index in [1.165, 1.54) is 64.2 Å². The fraction of sp³-hybridized carbons (Fsp3) is 0.875. The lowest BCUT2D eigenvalue weighted by atomic mass is 10.0. The van der Waals surface area contributed by atoms with E-state index in [1.54, 1.807) is 6.08 Å². The van der Waals surface area contributed by atoms with Crippen LogP contribution in [0, 0.1) is 5.92 Å². The zero-order chi connectivity index (χ0) is 12.8. The predicted molar refractivity (Wildman–Crippen MR) is 75.9 cm³/mol. The van der Waals surface area contributed by atoms with E-state index in [2.05, 4.69) is 13.8 Å². The molecule has 17 heavy (non-hydrogen) atoms. The molecule has 1 atom stereocenters. The molecule has 0 fully saturated rings. The fourth-order valence-electron chi connectivity index (χ4n) is 2.15. The molecule has 0 aliphatic heterocycles. The van der Waals surface area contributed by atoms with Crippen LogP contribution < -0.4 is 0 Å². The van der Waals surface area contributed by atoms with Crippen molar-refractivity contribution in [2.24, 2.45) is 5.92 Å². The minimum atomic E-state index is 0.418. The van der Waals surface area contributed by atoms with Crippen molar-refractivity contribution in [3.05, 3.63) is 6.08 Å². The van der Waals surface area contributed by atoms with E-state index in [-0.39, 0.29) is 0 Å². The summed E-state index contributed by atoms with van der Waals surface area (Å²) in [5.74, 6) is 2.30. The van der Waals surface area contributed by atoms with Crippen LogP contribution in [0.2, 0.25) is 0 Å². The van der Waals surface area contributed by atoms with E-state index < -0.39 is 0 Å². The van der Waals surface area contributed by atoms with Crippen molar-refractivity contribution < 1.29 is 4.79 Å². The molecule has 1 unspecified atom stereocenters. The molecule has 0 rings (SSSR count). The molecule has 0 spiro atoms. The number of unbranched alkanes of at least 4 members (excludes halogenated alkanes) is 9. The van der Waals surface area contributed by atoms with E-state index >= 15 is 0 Å². The van der Waals surface area contributed by atoms with Crippen LogP contribution >= 0.6 is 0 Å².